The van der Waals surface area contributed by atoms with E-state index in [2.05, 4.69) is 16.4 Å². The van der Waals surface area contributed by atoms with E-state index in [-0.39, 0.29) is 12.4 Å². The molecule has 0 saturated heterocycles. The molecular formula is C11H12Cl2N2. The number of nitrogens with one attached hydrogen (secondary N) is 2. The van der Waals surface area contributed by atoms with Crippen molar-refractivity contribution in [1.82, 2.24) is 10.3 Å². The lowest BCUT2D eigenvalue weighted by molar-refractivity contribution is 0.637. The molecule has 0 unspecified atom stereocenters. The summed E-state index contributed by atoms with van der Waals surface area (Å²) < 4.78 is 0. The van der Waals surface area contributed by atoms with Crippen LogP contribution in [-0.4, -0.2) is 11.5 Å². The highest BCUT2D eigenvalue weighted by Gasteiger charge is 2.14. The van der Waals surface area contributed by atoms with E-state index in [1.807, 2.05) is 12.1 Å². The Bertz CT molecular complexity index is 491. The van der Waals surface area contributed by atoms with E-state index in [4.69, 9.17) is 11.6 Å². The Morgan fingerprint density at radius 2 is 2.13 bits per heavy atom. The molecule has 2 nitrogen and oxygen atoms in total. The zero-order chi connectivity index (χ0) is 9.54. The van der Waals surface area contributed by atoms with E-state index >= 15 is 0 Å². The second-order valence-corrected chi connectivity index (χ2v) is 4.14. The van der Waals surface area contributed by atoms with Gasteiger partial charge in [-0.2, -0.15) is 0 Å². The Labute approximate surface area is 99.4 Å². The standard InChI is InChI=1S/C11H11ClN2.ClH/c12-7-1-2-8-9-3-4-13-6-11(9)14-10(8)5-7;/h1-2,5,13-14H,3-4,6H2;1H. The first kappa shape index (κ1) is 10.8. The van der Waals surface area contributed by atoms with Gasteiger partial charge in [0.25, 0.3) is 0 Å². The molecule has 0 radical (unpaired) electrons. The first-order valence-corrected chi connectivity index (χ1v) is 5.22. The van der Waals surface area contributed by atoms with Gasteiger partial charge in [0.15, 0.2) is 0 Å². The van der Waals surface area contributed by atoms with Gasteiger partial charge in [-0.25, -0.2) is 0 Å². The number of aromatic nitrogens is 1. The molecule has 15 heavy (non-hydrogen) atoms. The monoisotopic (exact) mass is 242 g/mol. The summed E-state index contributed by atoms with van der Waals surface area (Å²) in [6.45, 7) is 2.02. The molecule has 2 N–H and O–H groups in total. The highest BCUT2D eigenvalue weighted by atomic mass is 35.5. The van der Waals surface area contributed by atoms with Crippen molar-refractivity contribution in [2.24, 2.45) is 0 Å². The van der Waals surface area contributed by atoms with Crippen LogP contribution in [0.5, 0.6) is 0 Å². The summed E-state index contributed by atoms with van der Waals surface area (Å²) in [5, 5.41) is 5.47. The van der Waals surface area contributed by atoms with Crippen LogP contribution in [0.15, 0.2) is 18.2 Å². The van der Waals surface area contributed by atoms with Crippen molar-refractivity contribution >= 4 is 34.9 Å². The van der Waals surface area contributed by atoms with Gasteiger partial charge in [-0.05, 0) is 30.7 Å². The lowest BCUT2D eigenvalue weighted by Crippen LogP contribution is -2.22. The Morgan fingerprint density at radius 1 is 1.27 bits per heavy atom. The number of hydrogen-bond donors (Lipinski definition) is 2. The van der Waals surface area contributed by atoms with Gasteiger partial charge in [0, 0.05) is 28.2 Å². The Kier molecular flexibility index (Phi) is 2.91. The van der Waals surface area contributed by atoms with E-state index in [0.29, 0.717) is 0 Å². The third-order valence-corrected chi connectivity index (χ3v) is 3.05. The number of aromatic amines is 1. The third kappa shape index (κ3) is 1.73. The Balaban J connectivity index is 0.000000853. The van der Waals surface area contributed by atoms with Crippen molar-refractivity contribution < 1.29 is 0 Å². The van der Waals surface area contributed by atoms with Crippen LogP contribution in [-0.2, 0) is 13.0 Å². The van der Waals surface area contributed by atoms with Crippen molar-refractivity contribution in [2.75, 3.05) is 6.54 Å². The first-order chi connectivity index (χ1) is 6.84. The maximum atomic E-state index is 5.95. The smallest absolute Gasteiger partial charge is 0.0474 e. The maximum absolute atomic E-state index is 5.95. The number of halogens is 2. The molecule has 1 aromatic heterocycles. The van der Waals surface area contributed by atoms with Gasteiger partial charge >= 0.3 is 0 Å². The number of H-pyrrole nitrogens is 1. The van der Waals surface area contributed by atoms with Gasteiger partial charge in [0.05, 0.1) is 0 Å². The fraction of sp³-hybridized carbons (Fsp3) is 0.273. The third-order valence-electron chi connectivity index (χ3n) is 2.81. The molecular weight excluding hydrogens is 231 g/mol. The molecule has 0 atom stereocenters. The second-order valence-electron chi connectivity index (χ2n) is 3.70. The normalized spacial score (nSPS) is 14.7. The minimum absolute atomic E-state index is 0. The highest BCUT2D eigenvalue weighted by Crippen LogP contribution is 2.26. The molecule has 2 heterocycles. The zero-order valence-electron chi connectivity index (χ0n) is 8.14. The average Bonchev–Trinajstić information content (AvgIpc) is 2.54. The van der Waals surface area contributed by atoms with Gasteiger partial charge in [-0.1, -0.05) is 17.7 Å². The van der Waals surface area contributed by atoms with Gasteiger partial charge in [-0.3, -0.25) is 0 Å². The van der Waals surface area contributed by atoms with Crippen LogP contribution >= 0.6 is 24.0 Å². The number of benzene rings is 1. The molecule has 1 aliphatic rings. The van der Waals surface area contributed by atoms with Crippen LogP contribution in [0.2, 0.25) is 5.02 Å². The van der Waals surface area contributed by atoms with Crippen molar-refractivity contribution in [3.8, 4) is 0 Å². The quantitative estimate of drug-likeness (QED) is 0.731. The average molecular weight is 243 g/mol. The molecule has 0 saturated carbocycles. The molecule has 1 aliphatic heterocycles. The first-order valence-electron chi connectivity index (χ1n) is 4.84. The van der Waals surface area contributed by atoms with Gasteiger partial charge in [0.1, 0.15) is 0 Å². The highest BCUT2D eigenvalue weighted by molar-refractivity contribution is 6.31. The lowest BCUT2D eigenvalue weighted by Gasteiger charge is -2.12. The summed E-state index contributed by atoms with van der Waals surface area (Å²) in [7, 11) is 0. The van der Waals surface area contributed by atoms with E-state index in [9.17, 15) is 0 Å². The van der Waals surface area contributed by atoms with E-state index in [0.717, 1.165) is 30.0 Å². The van der Waals surface area contributed by atoms with Crippen molar-refractivity contribution in [3.05, 3.63) is 34.5 Å². The van der Waals surface area contributed by atoms with Gasteiger partial charge in [0.2, 0.25) is 0 Å². The molecule has 0 amide bonds. The molecule has 2 aromatic rings. The van der Waals surface area contributed by atoms with Crippen molar-refractivity contribution in [1.29, 1.82) is 0 Å². The second kappa shape index (κ2) is 4.05. The largest absolute Gasteiger partial charge is 0.357 e. The van der Waals surface area contributed by atoms with Gasteiger partial charge in [-0.15, -0.1) is 12.4 Å². The van der Waals surface area contributed by atoms with E-state index in [1.54, 1.807) is 0 Å². The number of hydrogen-bond acceptors (Lipinski definition) is 1. The van der Waals surface area contributed by atoms with E-state index in [1.165, 1.54) is 16.6 Å². The van der Waals surface area contributed by atoms with Gasteiger partial charge < -0.3 is 10.3 Å². The molecule has 3 rings (SSSR count). The summed E-state index contributed by atoms with van der Waals surface area (Å²) in [6.07, 6.45) is 1.11. The maximum Gasteiger partial charge on any atom is 0.0474 e. The summed E-state index contributed by atoms with van der Waals surface area (Å²) in [6, 6.07) is 6.06. The molecule has 0 bridgehead atoms. The zero-order valence-corrected chi connectivity index (χ0v) is 9.71. The number of fused-ring (bicyclic) bond motifs is 3. The van der Waals surface area contributed by atoms with Crippen molar-refractivity contribution in [3.63, 3.8) is 0 Å². The molecule has 80 valence electrons. The summed E-state index contributed by atoms with van der Waals surface area (Å²) in [5.74, 6) is 0. The minimum Gasteiger partial charge on any atom is -0.357 e. The van der Waals surface area contributed by atoms with Crippen LogP contribution in [0.1, 0.15) is 11.3 Å². The lowest BCUT2D eigenvalue weighted by atomic mass is 10.1. The fourth-order valence-corrected chi connectivity index (χ4v) is 2.32. The predicted octanol–water partition coefficient (Wildman–Crippen LogP) is 2.89. The van der Waals surface area contributed by atoms with Crippen LogP contribution < -0.4 is 5.32 Å². The van der Waals surface area contributed by atoms with Crippen LogP contribution in [0.4, 0.5) is 0 Å². The van der Waals surface area contributed by atoms with E-state index < -0.39 is 0 Å². The molecule has 0 fully saturated rings. The Hall–Kier alpha value is -0.700. The molecule has 0 spiro atoms. The summed E-state index contributed by atoms with van der Waals surface area (Å²) in [5.41, 5.74) is 3.93. The summed E-state index contributed by atoms with van der Waals surface area (Å²) >= 11 is 5.95. The van der Waals surface area contributed by atoms with Crippen molar-refractivity contribution in [2.45, 2.75) is 13.0 Å². The topological polar surface area (TPSA) is 27.8 Å². The fourth-order valence-electron chi connectivity index (χ4n) is 2.15. The van der Waals surface area contributed by atoms with Crippen LogP contribution in [0, 0.1) is 0 Å². The van der Waals surface area contributed by atoms with Crippen LogP contribution in [0.3, 0.4) is 0 Å². The molecule has 0 aliphatic carbocycles. The molecule has 1 aromatic carbocycles. The molecule has 4 heteroatoms. The Morgan fingerprint density at radius 3 is 3.00 bits per heavy atom. The number of rotatable bonds is 0. The van der Waals surface area contributed by atoms with Crippen LogP contribution in [0.25, 0.3) is 10.9 Å². The minimum atomic E-state index is 0. The summed E-state index contributed by atoms with van der Waals surface area (Å²) in [4.78, 5) is 3.41. The SMILES string of the molecule is Cl.Clc1ccc2c3c([nH]c2c1)CNCC3. The predicted molar refractivity (Wildman–Crippen MR) is 66.0 cm³/mol.